The predicted octanol–water partition coefficient (Wildman–Crippen LogP) is -0.521. The summed E-state index contributed by atoms with van der Waals surface area (Å²) in [5.74, 6) is 0.0231. The van der Waals surface area contributed by atoms with Gasteiger partial charge in [-0.25, -0.2) is 0 Å². The van der Waals surface area contributed by atoms with Crippen LogP contribution in [-0.4, -0.2) is 50.9 Å². The molecule has 0 aromatic heterocycles. The number of carbonyl (C=O) groups excluding carboxylic acids is 1. The summed E-state index contributed by atoms with van der Waals surface area (Å²) in [6.07, 6.45) is 0.280. The van der Waals surface area contributed by atoms with Crippen LogP contribution in [0.2, 0.25) is 0 Å². The molecule has 100 valence electrons. The maximum absolute atomic E-state index is 11.1. The van der Waals surface area contributed by atoms with Gasteiger partial charge < -0.3 is 25.2 Å². The van der Waals surface area contributed by atoms with E-state index in [1.165, 1.54) is 17.2 Å². The fourth-order valence-corrected chi connectivity index (χ4v) is 2.37. The van der Waals surface area contributed by atoms with Crippen LogP contribution in [0.4, 0.5) is 0 Å². The van der Waals surface area contributed by atoms with Crippen molar-refractivity contribution in [3.63, 3.8) is 0 Å². The van der Waals surface area contributed by atoms with Gasteiger partial charge in [0.2, 0.25) is 0 Å². The van der Waals surface area contributed by atoms with Gasteiger partial charge in [0.15, 0.2) is 6.23 Å². The van der Waals surface area contributed by atoms with Crippen LogP contribution in [0.5, 0.6) is 0 Å². The van der Waals surface area contributed by atoms with Crippen LogP contribution in [0.1, 0.15) is 6.92 Å². The van der Waals surface area contributed by atoms with Crippen molar-refractivity contribution < 1.29 is 19.7 Å². The molecule has 2 aliphatic heterocycles. The Kier molecular flexibility index (Phi) is 3.37. The zero-order valence-corrected chi connectivity index (χ0v) is 10.6. The number of hydrogen-bond donors (Lipinski definition) is 3. The van der Waals surface area contributed by atoms with Crippen LogP contribution < -0.4 is 5.32 Å². The molecule has 2 rings (SSSR count). The molecule has 7 heteroatoms. The molecule has 0 aromatic carbocycles. The molecule has 0 spiro atoms. The van der Waals surface area contributed by atoms with E-state index in [9.17, 15) is 9.90 Å². The highest BCUT2D eigenvalue weighted by Crippen LogP contribution is 2.39. The van der Waals surface area contributed by atoms with Gasteiger partial charge in [-0.2, -0.15) is 0 Å². The number of ether oxygens (including phenoxy) is 1. The Morgan fingerprint density at radius 3 is 2.89 bits per heavy atom. The molecular formula is C11H15ClN2O4. The third-order valence-electron chi connectivity index (χ3n) is 3.12. The van der Waals surface area contributed by atoms with Gasteiger partial charge in [-0.15, -0.1) is 11.6 Å². The van der Waals surface area contributed by atoms with E-state index in [0.29, 0.717) is 5.82 Å². The fourth-order valence-electron chi connectivity index (χ4n) is 2.07. The van der Waals surface area contributed by atoms with Crippen molar-refractivity contribution in [2.45, 2.75) is 30.2 Å². The zero-order valence-electron chi connectivity index (χ0n) is 9.84. The Balaban J connectivity index is 2.26. The second-order valence-electron chi connectivity index (χ2n) is 4.46. The van der Waals surface area contributed by atoms with E-state index in [2.05, 4.69) is 11.9 Å². The van der Waals surface area contributed by atoms with Gasteiger partial charge in [0.25, 0.3) is 5.91 Å². The molecule has 1 fully saturated rings. The van der Waals surface area contributed by atoms with Gasteiger partial charge in [0, 0.05) is 12.3 Å². The highest BCUT2D eigenvalue weighted by Gasteiger charge is 2.54. The van der Waals surface area contributed by atoms with Gasteiger partial charge in [-0.05, 0) is 6.92 Å². The average Bonchev–Trinajstić information content (AvgIpc) is 2.52. The number of aliphatic hydroxyl groups is 2. The largest absolute Gasteiger partial charge is 0.394 e. The summed E-state index contributed by atoms with van der Waals surface area (Å²) in [6.45, 7) is 4.96. The second-order valence-corrected chi connectivity index (χ2v) is 5.28. The number of nitrogens with one attached hydrogen (secondary N) is 1. The summed E-state index contributed by atoms with van der Waals surface area (Å²) < 4.78 is 5.51. The van der Waals surface area contributed by atoms with Crippen molar-refractivity contribution >= 4 is 17.5 Å². The Morgan fingerprint density at radius 2 is 2.39 bits per heavy atom. The number of rotatable bonds is 2. The first-order valence-electron chi connectivity index (χ1n) is 5.47. The van der Waals surface area contributed by atoms with Crippen LogP contribution in [0, 0.1) is 0 Å². The van der Waals surface area contributed by atoms with Crippen molar-refractivity contribution in [2.24, 2.45) is 0 Å². The number of nitrogens with zero attached hydrogens (tertiary/aromatic N) is 1. The minimum Gasteiger partial charge on any atom is -0.394 e. The highest BCUT2D eigenvalue weighted by molar-refractivity contribution is 6.24. The third kappa shape index (κ3) is 2.01. The van der Waals surface area contributed by atoms with E-state index in [0.717, 1.165) is 0 Å². The Bertz CT molecular complexity index is 410. The predicted molar refractivity (Wildman–Crippen MR) is 64.3 cm³/mol. The first-order chi connectivity index (χ1) is 8.37. The first kappa shape index (κ1) is 13.4. The summed E-state index contributed by atoms with van der Waals surface area (Å²) in [6, 6.07) is 0. The zero-order chi connectivity index (χ0) is 13.5. The lowest BCUT2D eigenvalue weighted by Crippen LogP contribution is -2.50. The smallest absolute Gasteiger partial charge is 0.250 e. The van der Waals surface area contributed by atoms with Gasteiger partial charge in [-0.3, -0.25) is 4.79 Å². The summed E-state index contributed by atoms with van der Waals surface area (Å²) in [7, 11) is 0. The number of aliphatic hydroxyl groups excluding tert-OH is 2. The molecule has 1 saturated heterocycles. The van der Waals surface area contributed by atoms with Crippen molar-refractivity contribution in [1.82, 2.24) is 10.2 Å². The first-order valence-corrected chi connectivity index (χ1v) is 5.85. The Labute approximate surface area is 109 Å². The molecule has 0 aliphatic carbocycles. The maximum atomic E-state index is 11.1. The maximum Gasteiger partial charge on any atom is 0.250 e. The molecular weight excluding hydrogens is 260 g/mol. The molecule has 1 amide bonds. The second kappa shape index (κ2) is 4.55. The molecule has 0 unspecified atom stereocenters. The summed E-state index contributed by atoms with van der Waals surface area (Å²) in [5.41, 5.74) is 0. The lowest BCUT2D eigenvalue weighted by atomic mass is 10.0. The number of amides is 1. The minimum atomic E-state index is -1.12. The molecule has 2 aliphatic rings. The molecule has 3 N–H and O–H groups in total. The summed E-state index contributed by atoms with van der Waals surface area (Å²) in [5, 5.41) is 21.6. The molecule has 18 heavy (non-hydrogen) atoms. The van der Waals surface area contributed by atoms with Crippen molar-refractivity contribution in [2.75, 3.05) is 6.61 Å². The van der Waals surface area contributed by atoms with Crippen LogP contribution in [-0.2, 0) is 9.53 Å². The average molecular weight is 275 g/mol. The van der Waals surface area contributed by atoms with Crippen molar-refractivity contribution in [1.29, 1.82) is 0 Å². The van der Waals surface area contributed by atoms with E-state index < -0.39 is 23.3 Å². The van der Waals surface area contributed by atoms with E-state index in [4.69, 9.17) is 21.4 Å². The molecule has 0 radical (unpaired) electrons. The third-order valence-corrected chi connectivity index (χ3v) is 3.53. The molecule has 0 aromatic rings. The van der Waals surface area contributed by atoms with E-state index in [-0.39, 0.29) is 12.5 Å². The number of alkyl halides is 1. The Morgan fingerprint density at radius 1 is 1.72 bits per heavy atom. The van der Waals surface area contributed by atoms with Gasteiger partial charge in [-0.1, -0.05) is 6.58 Å². The van der Waals surface area contributed by atoms with Crippen LogP contribution >= 0.6 is 11.6 Å². The summed E-state index contributed by atoms with van der Waals surface area (Å²) >= 11 is 6.28. The summed E-state index contributed by atoms with van der Waals surface area (Å²) in [4.78, 5) is 11.5. The van der Waals surface area contributed by atoms with E-state index in [1.807, 2.05) is 0 Å². The normalized spacial score (nSPS) is 40.2. The molecule has 0 saturated carbocycles. The lowest BCUT2D eigenvalue weighted by molar-refractivity contribution is -0.117. The number of hydrogen-bond acceptors (Lipinski definition) is 5. The quantitative estimate of drug-likeness (QED) is 0.590. The minimum absolute atomic E-state index is 0.287. The van der Waals surface area contributed by atoms with Crippen molar-refractivity contribution in [3.8, 4) is 0 Å². The van der Waals surface area contributed by atoms with Crippen LogP contribution in [0.15, 0.2) is 24.7 Å². The number of carbonyl (C=O) groups is 1. The van der Waals surface area contributed by atoms with Gasteiger partial charge in [0.1, 0.15) is 22.9 Å². The molecule has 6 nitrogen and oxygen atoms in total. The monoisotopic (exact) mass is 274 g/mol. The topological polar surface area (TPSA) is 82.0 Å². The van der Waals surface area contributed by atoms with E-state index in [1.54, 1.807) is 6.92 Å². The SMILES string of the molecule is C=C1NC(=O)C=CN1[C@@H]1O[C@H](CO)[C@@H](O)[C@@]1(C)Cl. The van der Waals surface area contributed by atoms with Gasteiger partial charge >= 0.3 is 0 Å². The highest BCUT2D eigenvalue weighted by atomic mass is 35.5. The van der Waals surface area contributed by atoms with Crippen molar-refractivity contribution in [3.05, 3.63) is 24.7 Å². The standard InChI is InChI=1S/C11H15ClN2O4/c1-6-13-8(16)3-4-14(6)10-11(2,12)9(17)7(5-15)18-10/h3-4,7,9-10,15,17H,1,5H2,2H3,(H,13,16)/t7-,9-,10-,11-/m1/s1. The molecule has 0 bridgehead atoms. The Hall–Kier alpha value is -1.08. The molecule has 2 heterocycles. The van der Waals surface area contributed by atoms with Gasteiger partial charge in [0.05, 0.1) is 6.61 Å². The van der Waals surface area contributed by atoms with Crippen LogP contribution in [0.3, 0.4) is 0 Å². The molecule has 4 atom stereocenters. The van der Waals surface area contributed by atoms with Crippen LogP contribution in [0.25, 0.3) is 0 Å². The number of halogens is 1. The van der Waals surface area contributed by atoms with E-state index >= 15 is 0 Å². The lowest BCUT2D eigenvalue weighted by Gasteiger charge is -2.36. The fraction of sp³-hybridized carbons (Fsp3) is 0.545.